The van der Waals surface area contributed by atoms with E-state index >= 15 is 0 Å². The molecule has 5 nitrogen and oxygen atoms in total. The molecule has 26 heavy (non-hydrogen) atoms. The second kappa shape index (κ2) is 5.22. The fourth-order valence-corrected chi connectivity index (χ4v) is 5.23. The van der Waals surface area contributed by atoms with Gasteiger partial charge in [0, 0.05) is 23.9 Å². The molecule has 1 amide bonds. The van der Waals surface area contributed by atoms with Crippen LogP contribution in [0.3, 0.4) is 0 Å². The number of amides is 1. The molecule has 1 aromatic carbocycles. The third kappa shape index (κ3) is 2.03. The Morgan fingerprint density at radius 1 is 1.27 bits per heavy atom. The van der Waals surface area contributed by atoms with E-state index in [-0.39, 0.29) is 23.8 Å². The van der Waals surface area contributed by atoms with E-state index in [0.717, 1.165) is 36.2 Å². The summed E-state index contributed by atoms with van der Waals surface area (Å²) >= 11 is 0. The number of Topliss-reactive ketones (excluding diaryl/α,β-unsaturated/α-hetero) is 1. The van der Waals surface area contributed by atoms with Gasteiger partial charge in [-0.3, -0.25) is 9.59 Å². The Morgan fingerprint density at radius 3 is 2.85 bits per heavy atom. The molecule has 1 N–H and O–H groups in total. The predicted molar refractivity (Wildman–Crippen MR) is 96.6 cm³/mol. The molecule has 2 saturated heterocycles. The number of nitrogens with one attached hydrogen (secondary N) is 1. The number of hydrogen-bond acceptors (Lipinski definition) is 3. The second-order valence-electron chi connectivity index (χ2n) is 7.92. The van der Waals surface area contributed by atoms with Gasteiger partial charge in [-0.05, 0) is 44.9 Å². The highest BCUT2D eigenvalue weighted by atomic mass is 16.5. The summed E-state index contributed by atoms with van der Waals surface area (Å²) in [6.45, 7) is 3.90. The number of fused-ring (bicyclic) bond motifs is 4. The van der Waals surface area contributed by atoms with Crippen LogP contribution in [0.2, 0.25) is 0 Å². The number of ketones is 1. The van der Waals surface area contributed by atoms with Gasteiger partial charge < -0.3 is 14.6 Å². The maximum Gasteiger partial charge on any atom is 0.256 e. The summed E-state index contributed by atoms with van der Waals surface area (Å²) in [7, 11) is 0. The Morgan fingerprint density at radius 2 is 2.08 bits per heavy atom. The van der Waals surface area contributed by atoms with Crippen LogP contribution in [0.15, 0.2) is 30.3 Å². The maximum atomic E-state index is 13.3. The van der Waals surface area contributed by atoms with Crippen molar-refractivity contribution in [3.05, 3.63) is 52.8 Å². The molecule has 0 unspecified atom stereocenters. The summed E-state index contributed by atoms with van der Waals surface area (Å²) in [5.41, 5.74) is 2.72. The van der Waals surface area contributed by atoms with Gasteiger partial charge in [0.1, 0.15) is 11.4 Å². The topological polar surface area (TPSA) is 62.4 Å². The van der Waals surface area contributed by atoms with Crippen LogP contribution in [0.1, 0.15) is 57.8 Å². The molecule has 2 aromatic rings. The first kappa shape index (κ1) is 15.7. The van der Waals surface area contributed by atoms with Crippen LogP contribution in [0.5, 0.6) is 5.75 Å². The van der Waals surface area contributed by atoms with E-state index in [2.05, 4.69) is 4.98 Å². The van der Waals surface area contributed by atoms with Gasteiger partial charge in [-0.25, -0.2) is 0 Å². The lowest BCUT2D eigenvalue weighted by Gasteiger charge is -2.40. The zero-order chi connectivity index (χ0) is 18.1. The zero-order valence-electron chi connectivity index (χ0n) is 15.0. The minimum Gasteiger partial charge on any atom is -0.484 e. The molecular weight excluding hydrogens is 328 g/mol. The number of H-pyrrole nitrogens is 1. The molecule has 134 valence electrons. The van der Waals surface area contributed by atoms with Crippen molar-refractivity contribution in [3.63, 3.8) is 0 Å². The third-order valence-electron chi connectivity index (χ3n) is 6.27. The molecule has 5 heteroatoms. The summed E-state index contributed by atoms with van der Waals surface area (Å²) in [5.74, 6) is 0.851. The lowest BCUT2D eigenvalue weighted by molar-refractivity contribution is 0.0112. The predicted octanol–water partition coefficient (Wildman–Crippen LogP) is 3.41. The van der Waals surface area contributed by atoms with Gasteiger partial charge in [0.15, 0.2) is 5.78 Å². The minimum absolute atomic E-state index is 0.0353. The van der Waals surface area contributed by atoms with Crippen molar-refractivity contribution in [2.75, 3.05) is 0 Å². The monoisotopic (exact) mass is 350 g/mol. The smallest absolute Gasteiger partial charge is 0.256 e. The van der Waals surface area contributed by atoms with Gasteiger partial charge >= 0.3 is 0 Å². The van der Waals surface area contributed by atoms with Crippen LogP contribution >= 0.6 is 0 Å². The first-order valence-electron chi connectivity index (χ1n) is 9.29. The van der Waals surface area contributed by atoms with Gasteiger partial charge in [-0.1, -0.05) is 12.1 Å². The summed E-state index contributed by atoms with van der Waals surface area (Å²) in [5, 5.41) is 0. The second-order valence-corrected chi connectivity index (χ2v) is 7.92. The quantitative estimate of drug-likeness (QED) is 0.857. The number of aryl methyl sites for hydroxylation is 2. The average Bonchev–Trinajstić information content (AvgIpc) is 3.25. The molecule has 0 aliphatic carbocycles. The number of benzene rings is 1. The number of aromatic nitrogens is 1. The van der Waals surface area contributed by atoms with Crippen molar-refractivity contribution in [2.45, 2.75) is 57.2 Å². The Kier molecular flexibility index (Phi) is 3.15. The van der Waals surface area contributed by atoms with Gasteiger partial charge in [0.2, 0.25) is 0 Å². The minimum atomic E-state index is -0.566. The van der Waals surface area contributed by atoms with E-state index in [1.165, 1.54) is 0 Å². The van der Waals surface area contributed by atoms with Crippen molar-refractivity contribution in [2.24, 2.45) is 0 Å². The number of carbonyl (C=O) groups is 2. The van der Waals surface area contributed by atoms with Gasteiger partial charge in [0.05, 0.1) is 23.6 Å². The van der Waals surface area contributed by atoms with E-state index < -0.39 is 5.60 Å². The fraction of sp³-hybridized carbons (Fsp3) is 0.429. The number of carbonyl (C=O) groups excluding carboxylic acids is 2. The highest BCUT2D eigenvalue weighted by Gasteiger charge is 2.61. The van der Waals surface area contributed by atoms with E-state index in [1.807, 2.05) is 49.1 Å². The first-order valence-corrected chi connectivity index (χ1v) is 9.29. The summed E-state index contributed by atoms with van der Waals surface area (Å²) in [6, 6.07) is 9.49. The highest BCUT2D eigenvalue weighted by Crippen LogP contribution is 2.51. The number of nitrogens with zero attached hydrogens (tertiary/aromatic N) is 1. The number of hydrogen-bond donors (Lipinski definition) is 1. The molecular formula is C21H22N2O3. The molecule has 0 radical (unpaired) electrons. The molecule has 0 saturated carbocycles. The molecule has 3 aliphatic rings. The lowest BCUT2D eigenvalue weighted by atomic mass is 9.78. The number of rotatable bonds is 1. The summed E-state index contributed by atoms with van der Waals surface area (Å²) < 4.78 is 6.41. The number of aromatic amines is 1. The molecule has 3 atom stereocenters. The highest BCUT2D eigenvalue weighted by molar-refractivity contribution is 6.01. The number of ether oxygens (including phenoxy) is 1. The summed E-state index contributed by atoms with van der Waals surface area (Å²) in [6.07, 6.45) is 2.99. The Balaban J connectivity index is 1.51. The molecule has 4 heterocycles. The molecule has 2 bridgehead atoms. The van der Waals surface area contributed by atoms with Crippen molar-refractivity contribution >= 4 is 11.7 Å². The molecule has 1 spiro atoms. The molecule has 1 aromatic heterocycles. The van der Waals surface area contributed by atoms with Gasteiger partial charge in [-0.15, -0.1) is 0 Å². The van der Waals surface area contributed by atoms with Crippen LogP contribution in [0, 0.1) is 13.8 Å². The zero-order valence-corrected chi connectivity index (χ0v) is 15.0. The van der Waals surface area contributed by atoms with Crippen LogP contribution < -0.4 is 4.74 Å². The van der Waals surface area contributed by atoms with Crippen molar-refractivity contribution in [1.29, 1.82) is 0 Å². The van der Waals surface area contributed by atoms with Crippen LogP contribution in [0.25, 0.3) is 0 Å². The van der Waals surface area contributed by atoms with E-state index in [1.54, 1.807) is 0 Å². The van der Waals surface area contributed by atoms with Crippen molar-refractivity contribution in [3.8, 4) is 5.75 Å². The third-order valence-corrected chi connectivity index (χ3v) is 6.27. The van der Waals surface area contributed by atoms with E-state index in [9.17, 15) is 9.59 Å². The molecule has 5 rings (SSSR count). The van der Waals surface area contributed by atoms with Gasteiger partial charge in [-0.2, -0.15) is 0 Å². The maximum absolute atomic E-state index is 13.3. The van der Waals surface area contributed by atoms with Gasteiger partial charge in [0.25, 0.3) is 5.91 Å². The average molecular weight is 350 g/mol. The Bertz CT molecular complexity index is 931. The lowest BCUT2D eigenvalue weighted by Crippen LogP contribution is -2.52. The fourth-order valence-electron chi connectivity index (χ4n) is 5.23. The standard InChI is InChI=1S/C21H22N2O3/c1-12-9-16(13(2)22-12)20(25)23-14-7-8-19(23)21(10-14)11-17(24)15-5-3-4-6-18(15)26-21/h3-6,9,14,19,22H,7-8,10-11H2,1-2H3/t14-,19-,21-/m0/s1. The van der Waals surface area contributed by atoms with E-state index in [4.69, 9.17) is 4.74 Å². The van der Waals surface area contributed by atoms with Crippen molar-refractivity contribution < 1.29 is 14.3 Å². The van der Waals surface area contributed by atoms with Crippen molar-refractivity contribution in [1.82, 2.24) is 9.88 Å². The normalized spacial score (nSPS) is 29.2. The van der Waals surface area contributed by atoms with Crippen LogP contribution in [0.4, 0.5) is 0 Å². The largest absolute Gasteiger partial charge is 0.484 e. The Labute approximate surface area is 152 Å². The first-order chi connectivity index (χ1) is 12.5. The van der Waals surface area contributed by atoms with E-state index in [0.29, 0.717) is 17.7 Å². The Hall–Kier alpha value is -2.56. The van der Waals surface area contributed by atoms with Crippen LogP contribution in [-0.2, 0) is 0 Å². The number of para-hydroxylation sites is 1. The molecule has 2 fully saturated rings. The SMILES string of the molecule is Cc1cc(C(=O)N2[C@H]3CC[C@H]2[C@@]2(CC(=O)c4ccccc4O2)C3)c(C)[nH]1. The summed E-state index contributed by atoms with van der Waals surface area (Å²) in [4.78, 5) is 31.2. The molecule has 3 aliphatic heterocycles. The van der Waals surface area contributed by atoms with Crippen LogP contribution in [-0.4, -0.2) is 39.3 Å².